The van der Waals surface area contributed by atoms with Crippen molar-refractivity contribution in [3.05, 3.63) is 0 Å². The van der Waals surface area contributed by atoms with Gasteiger partial charge >= 0.3 is 0 Å². The lowest BCUT2D eigenvalue weighted by Crippen LogP contribution is -2.59. The maximum atomic E-state index is 12.8. The van der Waals surface area contributed by atoms with Gasteiger partial charge in [-0.15, -0.1) is 0 Å². The molecule has 2 atom stereocenters. The second-order valence-corrected chi connectivity index (χ2v) is 6.90. The molecule has 0 aromatic carbocycles. The molecule has 0 N–H and O–H groups in total. The molecule has 126 valence electrons. The molecule has 0 aromatic heterocycles. The molecule has 0 spiro atoms. The van der Waals surface area contributed by atoms with Crippen molar-refractivity contribution in [2.45, 2.75) is 45.1 Å². The molecule has 3 heterocycles. The van der Waals surface area contributed by atoms with Gasteiger partial charge in [0, 0.05) is 50.8 Å². The first-order chi connectivity index (χ1) is 10.7. The minimum absolute atomic E-state index is 0.00728. The van der Waals surface area contributed by atoms with Crippen LogP contribution >= 0.6 is 0 Å². The molecule has 1 amide bonds. The number of carbonyl (C=O) groups excluding carboxylic acids is 1. The maximum Gasteiger partial charge on any atom is 0.225 e. The van der Waals surface area contributed by atoms with Gasteiger partial charge in [0.05, 0.1) is 12.7 Å². The van der Waals surface area contributed by atoms with Crippen LogP contribution in [0.3, 0.4) is 0 Å². The maximum absolute atomic E-state index is 12.8. The highest BCUT2D eigenvalue weighted by Gasteiger charge is 2.47. The van der Waals surface area contributed by atoms with Crippen molar-refractivity contribution in [1.82, 2.24) is 4.90 Å². The summed E-state index contributed by atoms with van der Waals surface area (Å²) in [4.78, 5) is 14.9. The van der Waals surface area contributed by atoms with E-state index < -0.39 is 0 Å². The Hall–Kier alpha value is -0.650. The average molecular weight is 311 g/mol. The number of piperidine rings is 1. The first kappa shape index (κ1) is 16.2. The molecule has 0 aromatic rings. The third-order valence-corrected chi connectivity index (χ3v) is 5.46. The summed E-state index contributed by atoms with van der Waals surface area (Å²) in [6.45, 7) is 7.40. The van der Waals surface area contributed by atoms with Gasteiger partial charge in [0.2, 0.25) is 5.91 Å². The van der Waals surface area contributed by atoms with E-state index in [1.807, 2.05) is 6.92 Å². The molecule has 22 heavy (non-hydrogen) atoms. The van der Waals surface area contributed by atoms with Gasteiger partial charge in [-0.2, -0.15) is 0 Å². The van der Waals surface area contributed by atoms with Crippen molar-refractivity contribution in [2.75, 3.05) is 46.1 Å². The molecule has 0 aliphatic carbocycles. The first-order valence-electron chi connectivity index (χ1n) is 8.81. The monoisotopic (exact) mass is 311 g/mol. The molecule has 0 saturated carbocycles. The summed E-state index contributed by atoms with van der Waals surface area (Å²) >= 11 is 0. The Balaban J connectivity index is 1.67. The van der Waals surface area contributed by atoms with Crippen molar-refractivity contribution in [3.63, 3.8) is 0 Å². The number of likely N-dealkylation sites (tertiary alicyclic amines) is 1. The predicted octanol–water partition coefficient (Wildman–Crippen LogP) is 1.85. The summed E-state index contributed by atoms with van der Waals surface area (Å²) in [5.41, 5.74) is 0.00728. The Labute approximate surface area is 133 Å². The molecule has 0 unspecified atom stereocenters. The lowest BCUT2D eigenvalue weighted by molar-refractivity contribution is -0.168. The van der Waals surface area contributed by atoms with Gasteiger partial charge in [-0.3, -0.25) is 4.79 Å². The summed E-state index contributed by atoms with van der Waals surface area (Å²) in [6, 6.07) is 0. The van der Waals surface area contributed by atoms with E-state index in [4.69, 9.17) is 14.2 Å². The van der Waals surface area contributed by atoms with Crippen LogP contribution in [-0.4, -0.2) is 63.0 Å². The zero-order chi connectivity index (χ0) is 15.4. The number of carbonyl (C=O) groups is 1. The fourth-order valence-corrected chi connectivity index (χ4v) is 4.20. The smallest absolute Gasteiger partial charge is 0.225 e. The van der Waals surface area contributed by atoms with Crippen LogP contribution in [0.4, 0.5) is 0 Å². The van der Waals surface area contributed by atoms with Crippen molar-refractivity contribution >= 4 is 5.91 Å². The summed E-state index contributed by atoms with van der Waals surface area (Å²) in [5.74, 6) is 0.474. The molecule has 5 nitrogen and oxygen atoms in total. The molecule has 3 fully saturated rings. The number of amides is 1. The lowest BCUT2D eigenvalue weighted by Gasteiger charge is -2.50. The van der Waals surface area contributed by atoms with Gasteiger partial charge in [0.25, 0.3) is 0 Å². The van der Waals surface area contributed by atoms with Gasteiger partial charge in [-0.05, 0) is 39.0 Å². The van der Waals surface area contributed by atoms with E-state index in [1.54, 1.807) is 0 Å². The minimum Gasteiger partial charge on any atom is -0.381 e. The fourth-order valence-electron chi connectivity index (χ4n) is 4.20. The summed E-state index contributed by atoms with van der Waals surface area (Å²) in [5, 5.41) is 0. The van der Waals surface area contributed by atoms with Crippen molar-refractivity contribution < 1.29 is 19.0 Å². The minimum atomic E-state index is 0.00728. The highest BCUT2D eigenvalue weighted by Crippen LogP contribution is 2.41. The molecule has 3 aliphatic rings. The van der Waals surface area contributed by atoms with Gasteiger partial charge in [-0.1, -0.05) is 0 Å². The van der Waals surface area contributed by atoms with Gasteiger partial charge in [-0.25, -0.2) is 0 Å². The average Bonchev–Trinajstić information content (AvgIpc) is 2.59. The second kappa shape index (κ2) is 7.28. The normalized spacial score (nSPS) is 33.5. The van der Waals surface area contributed by atoms with E-state index >= 15 is 0 Å². The van der Waals surface area contributed by atoms with Crippen LogP contribution in [0.25, 0.3) is 0 Å². The van der Waals surface area contributed by atoms with Crippen molar-refractivity contribution in [2.24, 2.45) is 11.3 Å². The van der Waals surface area contributed by atoms with E-state index in [2.05, 4.69) is 4.90 Å². The van der Waals surface area contributed by atoms with E-state index in [9.17, 15) is 4.79 Å². The number of hydrogen-bond donors (Lipinski definition) is 0. The third-order valence-electron chi connectivity index (χ3n) is 5.46. The van der Waals surface area contributed by atoms with Gasteiger partial charge < -0.3 is 19.1 Å². The molecule has 0 bridgehead atoms. The SMILES string of the molecule is CCOC[C@]12CCCO[C@H]1CCN(C(=O)C1CCOCC1)C2. The first-order valence-corrected chi connectivity index (χ1v) is 8.81. The second-order valence-electron chi connectivity index (χ2n) is 6.90. The van der Waals surface area contributed by atoms with Crippen LogP contribution in [0.2, 0.25) is 0 Å². The third kappa shape index (κ3) is 3.31. The molecular weight excluding hydrogens is 282 g/mol. The van der Waals surface area contributed by atoms with E-state index in [0.717, 1.165) is 71.6 Å². The van der Waals surface area contributed by atoms with Crippen LogP contribution in [0, 0.1) is 11.3 Å². The molecule has 3 rings (SSSR count). The summed E-state index contributed by atoms with van der Waals surface area (Å²) < 4.78 is 17.2. The highest BCUT2D eigenvalue weighted by atomic mass is 16.5. The molecular formula is C17H29NO4. The summed E-state index contributed by atoms with van der Waals surface area (Å²) in [6.07, 6.45) is 5.12. The van der Waals surface area contributed by atoms with E-state index in [1.165, 1.54) is 0 Å². The van der Waals surface area contributed by atoms with Crippen LogP contribution < -0.4 is 0 Å². The van der Waals surface area contributed by atoms with E-state index in [0.29, 0.717) is 12.5 Å². The number of ether oxygens (including phenoxy) is 3. The van der Waals surface area contributed by atoms with Crippen molar-refractivity contribution in [1.29, 1.82) is 0 Å². The lowest BCUT2D eigenvalue weighted by atomic mass is 9.72. The zero-order valence-corrected chi connectivity index (χ0v) is 13.7. The molecule has 5 heteroatoms. The number of nitrogens with zero attached hydrogens (tertiary/aromatic N) is 1. The molecule has 3 saturated heterocycles. The molecule has 3 aliphatic heterocycles. The Morgan fingerprint density at radius 1 is 1.27 bits per heavy atom. The van der Waals surface area contributed by atoms with Gasteiger partial charge in [0.15, 0.2) is 0 Å². The highest BCUT2D eigenvalue weighted by molar-refractivity contribution is 5.79. The van der Waals surface area contributed by atoms with Gasteiger partial charge in [0.1, 0.15) is 0 Å². The van der Waals surface area contributed by atoms with Crippen LogP contribution in [-0.2, 0) is 19.0 Å². The summed E-state index contributed by atoms with van der Waals surface area (Å²) in [7, 11) is 0. The van der Waals surface area contributed by atoms with E-state index in [-0.39, 0.29) is 17.4 Å². The number of rotatable bonds is 4. The zero-order valence-electron chi connectivity index (χ0n) is 13.7. The predicted molar refractivity (Wildman–Crippen MR) is 82.6 cm³/mol. The Morgan fingerprint density at radius 2 is 2.09 bits per heavy atom. The largest absolute Gasteiger partial charge is 0.381 e. The topological polar surface area (TPSA) is 48.0 Å². The number of fused-ring (bicyclic) bond motifs is 1. The molecule has 0 radical (unpaired) electrons. The Morgan fingerprint density at radius 3 is 2.86 bits per heavy atom. The van der Waals surface area contributed by atoms with Crippen LogP contribution in [0.1, 0.15) is 39.0 Å². The Kier molecular flexibility index (Phi) is 5.37. The van der Waals surface area contributed by atoms with Crippen LogP contribution in [0.15, 0.2) is 0 Å². The quantitative estimate of drug-likeness (QED) is 0.795. The van der Waals surface area contributed by atoms with Crippen molar-refractivity contribution in [3.8, 4) is 0 Å². The Bertz CT molecular complexity index is 383. The number of hydrogen-bond acceptors (Lipinski definition) is 4. The fraction of sp³-hybridized carbons (Fsp3) is 0.941. The van der Waals surface area contributed by atoms with Crippen LogP contribution in [0.5, 0.6) is 0 Å². The standard InChI is InChI=1S/C17H29NO4/c1-2-20-13-17-7-3-9-22-15(17)4-8-18(12-17)16(19)14-5-10-21-11-6-14/h14-15H,2-13H2,1H3/t15-,17+/m0/s1.